The number of carboxylic acid groups (broad SMARTS) is 1. The molecule has 3 N–H and O–H groups in total. The standard InChI is InChI=1S/C19H17N3O4/c1-26-17-8-2-13(3-9-17)11-22-18(23)15(10-20)12-21-16-6-4-14(5-7-16)19(24)25/h2-9,12,21H,11H2,1H3,(H,22,23)(H,24,25)/b15-12-. The van der Waals surface area contributed by atoms with Crippen LogP contribution in [0.5, 0.6) is 5.75 Å². The zero-order valence-electron chi connectivity index (χ0n) is 14.0. The molecule has 1 amide bonds. The lowest BCUT2D eigenvalue weighted by Crippen LogP contribution is -2.24. The Balaban J connectivity index is 1.95. The monoisotopic (exact) mass is 351 g/mol. The quantitative estimate of drug-likeness (QED) is 0.522. The summed E-state index contributed by atoms with van der Waals surface area (Å²) in [6, 6.07) is 15.0. The van der Waals surface area contributed by atoms with Gasteiger partial charge in [-0.3, -0.25) is 4.79 Å². The fraction of sp³-hybridized carbons (Fsp3) is 0.105. The normalized spacial score (nSPS) is 10.5. The molecule has 0 spiro atoms. The lowest BCUT2D eigenvalue weighted by Gasteiger charge is -2.06. The molecular weight excluding hydrogens is 334 g/mol. The summed E-state index contributed by atoms with van der Waals surface area (Å²) in [6.07, 6.45) is 1.28. The molecule has 0 aliphatic carbocycles. The summed E-state index contributed by atoms with van der Waals surface area (Å²) in [7, 11) is 1.57. The van der Waals surface area contributed by atoms with Crippen molar-refractivity contribution in [1.82, 2.24) is 5.32 Å². The highest BCUT2D eigenvalue weighted by molar-refractivity contribution is 5.97. The van der Waals surface area contributed by atoms with E-state index in [4.69, 9.17) is 15.1 Å². The van der Waals surface area contributed by atoms with Crippen molar-refractivity contribution in [1.29, 1.82) is 5.26 Å². The van der Waals surface area contributed by atoms with Crippen LogP contribution in [0.15, 0.2) is 60.3 Å². The van der Waals surface area contributed by atoms with Gasteiger partial charge in [-0.1, -0.05) is 12.1 Å². The topological polar surface area (TPSA) is 111 Å². The second-order valence-electron chi connectivity index (χ2n) is 5.23. The van der Waals surface area contributed by atoms with Gasteiger partial charge >= 0.3 is 5.97 Å². The number of hydrogen-bond acceptors (Lipinski definition) is 5. The number of nitrogens with one attached hydrogen (secondary N) is 2. The van der Waals surface area contributed by atoms with Crippen molar-refractivity contribution >= 4 is 17.6 Å². The highest BCUT2D eigenvalue weighted by atomic mass is 16.5. The van der Waals surface area contributed by atoms with E-state index in [1.165, 1.54) is 18.3 Å². The van der Waals surface area contributed by atoms with Crippen LogP contribution in [0.2, 0.25) is 0 Å². The number of methoxy groups -OCH3 is 1. The molecule has 0 bridgehead atoms. The van der Waals surface area contributed by atoms with E-state index >= 15 is 0 Å². The molecule has 0 fully saturated rings. The van der Waals surface area contributed by atoms with E-state index in [-0.39, 0.29) is 17.7 Å². The van der Waals surface area contributed by atoms with Gasteiger partial charge in [0.1, 0.15) is 17.4 Å². The van der Waals surface area contributed by atoms with E-state index < -0.39 is 11.9 Å². The zero-order valence-corrected chi connectivity index (χ0v) is 14.0. The molecule has 0 unspecified atom stereocenters. The van der Waals surface area contributed by atoms with Crippen molar-refractivity contribution in [2.45, 2.75) is 6.54 Å². The van der Waals surface area contributed by atoms with Gasteiger partial charge in [-0.15, -0.1) is 0 Å². The van der Waals surface area contributed by atoms with Gasteiger partial charge in [-0.05, 0) is 42.0 Å². The number of ether oxygens (including phenoxy) is 1. The Morgan fingerprint density at radius 3 is 2.35 bits per heavy atom. The molecule has 0 aliphatic rings. The summed E-state index contributed by atoms with van der Waals surface area (Å²) in [4.78, 5) is 22.9. The molecule has 7 heteroatoms. The van der Waals surface area contributed by atoms with Crippen LogP contribution in [0.25, 0.3) is 0 Å². The van der Waals surface area contributed by atoms with Crippen molar-refractivity contribution in [2.24, 2.45) is 0 Å². The molecule has 2 aromatic carbocycles. The minimum atomic E-state index is -1.03. The number of hydrogen-bond donors (Lipinski definition) is 3. The Kier molecular flexibility index (Phi) is 6.34. The van der Waals surface area contributed by atoms with Crippen LogP contribution < -0.4 is 15.4 Å². The van der Waals surface area contributed by atoms with Gasteiger partial charge in [0.15, 0.2) is 0 Å². The molecule has 0 saturated heterocycles. The average molecular weight is 351 g/mol. The Hall–Kier alpha value is -3.79. The van der Waals surface area contributed by atoms with Crippen molar-refractivity contribution in [2.75, 3.05) is 12.4 Å². The molecule has 132 valence electrons. The maximum absolute atomic E-state index is 12.1. The second kappa shape index (κ2) is 8.89. The molecule has 0 aromatic heterocycles. The van der Waals surface area contributed by atoms with Crippen LogP contribution in [-0.2, 0) is 11.3 Å². The van der Waals surface area contributed by atoms with Gasteiger partial charge in [-0.2, -0.15) is 5.26 Å². The molecule has 2 rings (SSSR count). The van der Waals surface area contributed by atoms with E-state index in [0.29, 0.717) is 5.69 Å². The number of aromatic carboxylic acids is 1. The number of amides is 1. The fourth-order valence-corrected chi connectivity index (χ4v) is 2.03. The van der Waals surface area contributed by atoms with Crippen LogP contribution in [0.4, 0.5) is 5.69 Å². The van der Waals surface area contributed by atoms with Crippen LogP contribution >= 0.6 is 0 Å². The third-order valence-corrected chi connectivity index (χ3v) is 3.49. The SMILES string of the molecule is COc1ccc(CNC(=O)/C(C#N)=C\Nc2ccc(C(=O)O)cc2)cc1. The lowest BCUT2D eigenvalue weighted by atomic mass is 10.2. The largest absolute Gasteiger partial charge is 0.497 e. The Bertz CT molecular complexity index is 850. The number of carbonyl (C=O) groups excluding carboxylic acids is 1. The summed E-state index contributed by atoms with van der Waals surface area (Å²) in [5.74, 6) is -0.823. The van der Waals surface area contributed by atoms with Crippen LogP contribution in [0.3, 0.4) is 0 Å². The molecule has 0 heterocycles. The number of nitrogens with zero attached hydrogens (tertiary/aromatic N) is 1. The first-order chi connectivity index (χ1) is 12.5. The molecule has 2 aromatic rings. The average Bonchev–Trinajstić information content (AvgIpc) is 2.67. The van der Waals surface area contributed by atoms with Crippen molar-refractivity contribution in [3.05, 3.63) is 71.4 Å². The van der Waals surface area contributed by atoms with Gasteiger partial charge in [-0.25, -0.2) is 4.79 Å². The summed E-state index contributed by atoms with van der Waals surface area (Å²) in [6.45, 7) is 0.273. The van der Waals surface area contributed by atoms with E-state index in [9.17, 15) is 9.59 Å². The molecule has 0 aliphatic heterocycles. The van der Waals surface area contributed by atoms with Gasteiger partial charge in [0.25, 0.3) is 5.91 Å². The maximum Gasteiger partial charge on any atom is 0.335 e. The van der Waals surface area contributed by atoms with Crippen LogP contribution in [0.1, 0.15) is 15.9 Å². The fourth-order valence-electron chi connectivity index (χ4n) is 2.03. The van der Waals surface area contributed by atoms with Crippen molar-refractivity contribution in [3.63, 3.8) is 0 Å². The Morgan fingerprint density at radius 2 is 1.81 bits per heavy atom. The summed E-state index contributed by atoms with van der Waals surface area (Å²) in [5, 5.41) is 23.5. The minimum absolute atomic E-state index is 0.0965. The minimum Gasteiger partial charge on any atom is -0.497 e. The Morgan fingerprint density at radius 1 is 1.15 bits per heavy atom. The number of carboxylic acids is 1. The number of benzene rings is 2. The smallest absolute Gasteiger partial charge is 0.335 e. The van der Waals surface area contributed by atoms with Gasteiger partial charge < -0.3 is 20.5 Å². The molecule has 0 atom stereocenters. The first kappa shape index (κ1) is 18.5. The van der Waals surface area contributed by atoms with Crippen molar-refractivity contribution in [3.8, 4) is 11.8 Å². The highest BCUT2D eigenvalue weighted by Gasteiger charge is 2.09. The maximum atomic E-state index is 12.1. The highest BCUT2D eigenvalue weighted by Crippen LogP contribution is 2.12. The summed E-state index contributed by atoms with van der Waals surface area (Å²) in [5.41, 5.74) is 1.48. The number of anilines is 1. The predicted octanol–water partition coefficient (Wildman–Crippen LogP) is 2.53. The van der Waals surface area contributed by atoms with Gasteiger partial charge in [0.2, 0.25) is 0 Å². The van der Waals surface area contributed by atoms with E-state index in [1.807, 2.05) is 18.2 Å². The molecule has 7 nitrogen and oxygen atoms in total. The zero-order chi connectivity index (χ0) is 18.9. The van der Waals surface area contributed by atoms with E-state index in [2.05, 4.69) is 10.6 Å². The second-order valence-corrected chi connectivity index (χ2v) is 5.23. The Labute approximate surface area is 150 Å². The van der Waals surface area contributed by atoms with Crippen molar-refractivity contribution < 1.29 is 19.4 Å². The third-order valence-electron chi connectivity index (χ3n) is 3.49. The van der Waals surface area contributed by atoms with Crippen LogP contribution in [0, 0.1) is 11.3 Å². The van der Waals surface area contributed by atoms with E-state index in [0.717, 1.165) is 11.3 Å². The van der Waals surface area contributed by atoms with E-state index in [1.54, 1.807) is 31.4 Å². The molecular formula is C19H17N3O4. The van der Waals surface area contributed by atoms with Gasteiger partial charge in [0.05, 0.1) is 12.7 Å². The molecule has 0 saturated carbocycles. The molecule has 0 radical (unpaired) electrons. The first-order valence-electron chi connectivity index (χ1n) is 7.65. The lowest BCUT2D eigenvalue weighted by molar-refractivity contribution is -0.117. The third kappa shape index (κ3) is 5.11. The summed E-state index contributed by atoms with van der Waals surface area (Å²) < 4.78 is 5.06. The van der Waals surface area contributed by atoms with Crippen LogP contribution in [-0.4, -0.2) is 24.1 Å². The first-order valence-corrected chi connectivity index (χ1v) is 7.65. The predicted molar refractivity (Wildman–Crippen MR) is 95.6 cm³/mol. The molecule has 26 heavy (non-hydrogen) atoms. The number of nitriles is 1. The van der Waals surface area contributed by atoms with Gasteiger partial charge in [0, 0.05) is 18.4 Å². The summed E-state index contributed by atoms with van der Waals surface area (Å²) >= 11 is 0. The number of rotatable bonds is 7. The number of carbonyl (C=O) groups is 2.